The molecule has 1 aliphatic rings. The van der Waals surface area contributed by atoms with E-state index in [0.717, 1.165) is 25.1 Å². The number of benzene rings is 1. The van der Waals surface area contributed by atoms with Crippen molar-refractivity contribution < 1.29 is 9.53 Å². The van der Waals surface area contributed by atoms with Crippen LogP contribution in [-0.4, -0.2) is 62.3 Å². The molecule has 5 nitrogen and oxygen atoms in total. The number of hydrogen-bond acceptors (Lipinski definition) is 4. The molecule has 6 heteroatoms. The van der Waals surface area contributed by atoms with E-state index in [2.05, 4.69) is 27.7 Å². The van der Waals surface area contributed by atoms with Gasteiger partial charge < -0.3 is 20.3 Å². The number of methoxy groups -OCH3 is 1. The first-order valence-electron chi connectivity index (χ1n) is 8.21. The van der Waals surface area contributed by atoms with E-state index >= 15 is 0 Å². The Morgan fingerprint density at radius 1 is 1.26 bits per heavy atom. The zero-order valence-electron chi connectivity index (χ0n) is 13.8. The number of anilines is 1. The molecule has 0 bridgehead atoms. The third-order valence-corrected chi connectivity index (χ3v) is 4.79. The minimum atomic E-state index is -0.167. The quantitative estimate of drug-likeness (QED) is 0.716. The minimum Gasteiger partial charge on any atom is -0.385 e. The molecule has 0 saturated carbocycles. The first-order valence-corrected chi connectivity index (χ1v) is 9.36. The molecular formula is C17H27N3O2S. The number of amides is 2. The molecule has 1 saturated heterocycles. The Bertz CT molecular complexity index is 461. The second-order valence-corrected chi connectivity index (χ2v) is 6.85. The van der Waals surface area contributed by atoms with Crippen molar-refractivity contribution >= 4 is 23.5 Å². The fourth-order valence-corrected chi connectivity index (χ4v) is 3.44. The van der Waals surface area contributed by atoms with Gasteiger partial charge >= 0.3 is 6.03 Å². The predicted molar refractivity (Wildman–Crippen MR) is 97.4 cm³/mol. The molecule has 128 valence electrons. The summed E-state index contributed by atoms with van der Waals surface area (Å²) < 4.78 is 4.95. The summed E-state index contributed by atoms with van der Waals surface area (Å²) in [5, 5.41) is 5.66. The van der Waals surface area contributed by atoms with Gasteiger partial charge in [-0.1, -0.05) is 12.1 Å². The highest BCUT2D eigenvalue weighted by Crippen LogP contribution is 2.13. The maximum Gasteiger partial charge on any atom is 0.319 e. The van der Waals surface area contributed by atoms with Crippen molar-refractivity contribution in [3.8, 4) is 0 Å². The van der Waals surface area contributed by atoms with Crippen LogP contribution in [0.3, 0.4) is 0 Å². The van der Waals surface area contributed by atoms with E-state index in [9.17, 15) is 4.79 Å². The normalized spacial score (nSPS) is 15.3. The molecule has 1 fully saturated rings. The van der Waals surface area contributed by atoms with E-state index < -0.39 is 0 Å². The van der Waals surface area contributed by atoms with E-state index in [1.165, 1.54) is 30.2 Å². The Morgan fingerprint density at radius 2 is 2.00 bits per heavy atom. The SMILES string of the molecule is COCCCNC(=O)Nc1ccc(CCN2CCSCC2)cc1. The fraction of sp³-hybridized carbons (Fsp3) is 0.588. The number of nitrogens with one attached hydrogen (secondary N) is 2. The van der Waals surface area contributed by atoms with Gasteiger partial charge in [0.1, 0.15) is 0 Å². The molecule has 0 radical (unpaired) electrons. The lowest BCUT2D eigenvalue weighted by atomic mass is 10.1. The molecule has 2 rings (SSSR count). The third-order valence-electron chi connectivity index (χ3n) is 3.84. The molecule has 2 N–H and O–H groups in total. The first-order chi connectivity index (χ1) is 11.3. The van der Waals surface area contributed by atoms with Crippen LogP contribution in [-0.2, 0) is 11.2 Å². The molecule has 0 aliphatic carbocycles. The summed E-state index contributed by atoms with van der Waals surface area (Å²) in [6.07, 6.45) is 1.88. The van der Waals surface area contributed by atoms with Crippen LogP contribution in [0.5, 0.6) is 0 Å². The number of nitrogens with zero attached hydrogens (tertiary/aromatic N) is 1. The number of ether oxygens (including phenoxy) is 1. The summed E-state index contributed by atoms with van der Waals surface area (Å²) in [5.74, 6) is 2.50. The minimum absolute atomic E-state index is 0.167. The van der Waals surface area contributed by atoms with Crippen LogP contribution in [0.15, 0.2) is 24.3 Å². The molecule has 23 heavy (non-hydrogen) atoms. The summed E-state index contributed by atoms with van der Waals surface area (Å²) in [7, 11) is 1.66. The lowest BCUT2D eigenvalue weighted by Crippen LogP contribution is -2.34. The summed E-state index contributed by atoms with van der Waals surface area (Å²) in [5.41, 5.74) is 2.14. The summed E-state index contributed by atoms with van der Waals surface area (Å²) in [4.78, 5) is 14.2. The molecule has 1 aliphatic heterocycles. The molecule has 0 atom stereocenters. The van der Waals surface area contributed by atoms with Crippen LogP contribution in [0.2, 0.25) is 0 Å². The second kappa shape index (κ2) is 10.5. The highest BCUT2D eigenvalue weighted by Gasteiger charge is 2.09. The number of hydrogen-bond donors (Lipinski definition) is 2. The molecule has 0 aromatic heterocycles. The van der Waals surface area contributed by atoms with Crippen LogP contribution in [0.1, 0.15) is 12.0 Å². The Hall–Kier alpha value is -1.24. The van der Waals surface area contributed by atoms with Crippen molar-refractivity contribution in [1.82, 2.24) is 10.2 Å². The van der Waals surface area contributed by atoms with Gasteiger partial charge in [0.25, 0.3) is 0 Å². The molecule has 0 unspecified atom stereocenters. The maximum absolute atomic E-state index is 11.7. The Balaban J connectivity index is 1.68. The van der Waals surface area contributed by atoms with Gasteiger partial charge in [0, 0.05) is 57.1 Å². The van der Waals surface area contributed by atoms with Gasteiger partial charge in [-0.3, -0.25) is 0 Å². The standard InChI is InChI=1S/C17H27N3O2S/c1-22-12-2-8-18-17(21)19-16-5-3-15(4-6-16)7-9-20-10-13-23-14-11-20/h3-6H,2,7-14H2,1H3,(H2,18,19,21). The smallest absolute Gasteiger partial charge is 0.319 e. The van der Waals surface area contributed by atoms with Gasteiger partial charge in [0.2, 0.25) is 0 Å². The second-order valence-electron chi connectivity index (χ2n) is 5.63. The number of carbonyl (C=O) groups excluding carboxylic acids is 1. The molecule has 1 heterocycles. The van der Waals surface area contributed by atoms with E-state index in [0.29, 0.717) is 13.2 Å². The Labute approximate surface area is 143 Å². The predicted octanol–water partition coefficient (Wildman–Crippen LogP) is 2.44. The molecule has 1 aromatic rings. The summed E-state index contributed by atoms with van der Waals surface area (Å²) in [6.45, 7) is 4.80. The molecule has 2 amide bonds. The number of urea groups is 1. The van der Waals surface area contributed by atoms with E-state index in [4.69, 9.17) is 4.74 Å². The fourth-order valence-electron chi connectivity index (χ4n) is 2.46. The van der Waals surface area contributed by atoms with Crippen LogP contribution in [0.25, 0.3) is 0 Å². The van der Waals surface area contributed by atoms with Gasteiger partial charge in [-0.2, -0.15) is 11.8 Å². The van der Waals surface area contributed by atoms with Crippen LogP contribution in [0.4, 0.5) is 10.5 Å². The Morgan fingerprint density at radius 3 is 2.70 bits per heavy atom. The molecule has 1 aromatic carbocycles. The third kappa shape index (κ3) is 7.24. The van der Waals surface area contributed by atoms with Crippen molar-refractivity contribution in [2.75, 3.05) is 56.7 Å². The lowest BCUT2D eigenvalue weighted by Gasteiger charge is -2.26. The highest BCUT2D eigenvalue weighted by atomic mass is 32.2. The summed E-state index contributed by atoms with van der Waals surface area (Å²) >= 11 is 2.04. The van der Waals surface area contributed by atoms with Crippen molar-refractivity contribution in [2.45, 2.75) is 12.8 Å². The van der Waals surface area contributed by atoms with Gasteiger partial charge in [-0.15, -0.1) is 0 Å². The van der Waals surface area contributed by atoms with Gasteiger partial charge in [-0.25, -0.2) is 4.79 Å². The monoisotopic (exact) mass is 337 g/mol. The first kappa shape index (κ1) is 18.1. The lowest BCUT2D eigenvalue weighted by molar-refractivity contribution is 0.194. The van der Waals surface area contributed by atoms with Gasteiger partial charge in [0.15, 0.2) is 0 Å². The van der Waals surface area contributed by atoms with Crippen molar-refractivity contribution in [3.05, 3.63) is 29.8 Å². The topological polar surface area (TPSA) is 53.6 Å². The van der Waals surface area contributed by atoms with Crippen LogP contribution >= 0.6 is 11.8 Å². The number of rotatable bonds is 8. The average Bonchev–Trinajstić information content (AvgIpc) is 2.59. The maximum atomic E-state index is 11.7. The Kier molecular flexibility index (Phi) is 8.28. The zero-order valence-corrected chi connectivity index (χ0v) is 14.7. The van der Waals surface area contributed by atoms with Crippen LogP contribution in [0, 0.1) is 0 Å². The zero-order chi connectivity index (χ0) is 16.3. The van der Waals surface area contributed by atoms with Crippen LogP contribution < -0.4 is 10.6 Å². The summed E-state index contributed by atoms with van der Waals surface area (Å²) in [6, 6.07) is 7.96. The number of thioether (sulfide) groups is 1. The largest absolute Gasteiger partial charge is 0.385 e. The van der Waals surface area contributed by atoms with Crippen molar-refractivity contribution in [3.63, 3.8) is 0 Å². The van der Waals surface area contributed by atoms with E-state index in [-0.39, 0.29) is 6.03 Å². The van der Waals surface area contributed by atoms with Gasteiger partial charge in [-0.05, 0) is 30.5 Å². The van der Waals surface area contributed by atoms with Crippen molar-refractivity contribution in [2.24, 2.45) is 0 Å². The molecule has 0 spiro atoms. The highest BCUT2D eigenvalue weighted by molar-refractivity contribution is 7.99. The van der Waals surface area contributed by atoms with Gasteiger partial charge in [0.05, 0.1) is 0 Å². The molecular weight excluding hydrogens is 310 g/mol. The van der Waals surface area contributed by atoms with E-state index in [1.54, 1.807) is 7.11 Å². The average molecular weight is 337 g/mol. The number of carbonyl (C=O) groups is 1. The van der Waals surface area contributed by atoms with Crippen molar-refractivity contribution in [1.29, 1.82) is 0 Å². The van der Waals surface area contributed by atoms with E-state index in [1.807, 2.05) is 23.9 Å².